The molecule has 98 valence electrons. The van der Waals surface area contributed by atoms with Crippen LogP contribution in [0.2, 0.25) is 11.5 Å². The molecule has 0 bridgehead atoms. The van der Waals surface area contributed by atoms with Crippen molar-refractivity contribution in [1.29, 1.82) is 0 Å². The maximum atomic E-state index is 5.21. The number of benzene rings is 1. The molecule has 0 atom stereocenters. The summed E-state index contributed by atoms with van der Waals surface area (Å²) in [6.07, 6.45) is 0. The Bertz CT molecular complexity index is 349. The monoisotopic (exact) mass is 308 g/mol. The standard InChI is InChI=1S/C8H11Ge.C6H12BO2/c1-9(2)8-6-4-3-5-7-8;1-5(2)6(3,4)9-7-8-5/h3-7H,1-2H3;1-4H3. The van der Waals surface area contributed by atoms with E-state index in [4.69, 9.17) is 9.31 Å². The zero-order valence-electron chi connectivity index (χ0n) is 12.3. The molecule has 2 radical (unpaired) electrons. The van der Waals surface area contributed by atoms with E-state index in [1.54, 1.807) is 4.40 Å². The Morgan fingerprint density at radius 3 is 1.56 bits per heavy atom. The zero-order chi connectivity index (χ0) is 13.8. The van der Waals surface area contributed by atoms with Crippen LogP contribution >= 0.6 is 0 Å². The summed E-state index contributed by atoms with van der Waals surface area (Å²) >= 11 is -0.766. The average Bonchev–Trinajstić information content (AvgIpc) is 2.53. The van der Waals surface area contributed by atoms with Gasteiger partial charge in [0.2, 0.25) is 0 Å². The first-order chi connectivity index (χ1) is 8.26. The fourth-order valence-electron chi connectivity index (χ4n) is 1.32. The molecular formula is C14H23BGeO2. The van der Waals surface area contributed by atoms with Crippen LogP contribution in [-0.2, 0) is 9.31 Å². The molecule has 1 saturated heterocycles. The molecular weight excluding hydrogens is 284 g/mol. The van der Waals surface area contributed by atoms with Crippen molar-refractivity contribution in [2.45, 2.75) is 50.4 Å². The van der Waals surface area contributed by atoms with Crippen LogP contribution in [0.15, 0.2) is 30.3 Å². The minimum absolute atomic E-state index is 0.187. The van der Waals surface area contributed by atoms with Crippen LogP contribution in [0.3, 0.4) is 0 Å². The molecule has 2 nitrogen and oxygen atoms in total. The van der Waals surface area contributed by atoms with Crippen LogP contribution in [-0.4, -0.2) is 33.2 Å². The van der Waals surface area contributed by atoms with Crippen LogP contribution in [0.25, 0.3) is 0 Å². The Kier molecular flexibility index (Phi) is 5.50. The van der Waals surface area contributed by atoms with Crippen LogP contribution < -0.4 is 4.40 Å². The molecule has 0 aromatic heterocycles. The maximum absolute atomic E-state index is 5.21. The van der Waals surface area contributed by atoms with E-state index in [0.29, 0.717) is 0 Å². The normalized spacial score (nSPS) is 19.9. The zero-order valence-corrected chi connectivity index (χ0v) is 14.4. The third-order valence-corrected chi connectivity index (χ3v) is 6.61. The summed E-state index contributed by atoms with van der Waals surface area (Å²) in [5.74, 6) is 4.74. The summed E-state index contributed by atoms with van der Waals surface area (Å²) < 4.78 is 12.0. The van der Waals surface area contributed by atoms with E-state index in [2.05, 4.69) is 41.8 Å². The van der Waals surface area contributed by atoms with Gasteiger partial charge in [-0.1, -0.05) is 0 Å². The number of rotatable bonds is 1. The van der Waals surface area contributed by atoms with E-state index in [9.17, 15) is 0 Å². The summed E-state index contributed by atoms with van der Waals surface area (Å²) in [7, 11) is 1.42. The topological polar surface area (TPSA) is 18.5 Å². The van der Waals surface area contributed by atoms with Gasteiger partial charge in [0.15, 0.2) is 0 Å². The molecule has 18 heavy (non-hydrogen) atoms. The fraction of sp³-hybridized carbons (Fsp3) is 0.571. The predicted octanol–water partition coefficient (Wildman–Crippen LogP) is 2.77. The van der Waals surface area contributed by atoms with Crippen molar-refractivity contribution in [3.63, 3.8) is 0 Å². The molecule has 1 heterocycles. The second kappa shape index (κ2) is 6.26. The van der Waals surface area contributed by atoms with Gasteiger partial charge in [-0.15, -0.1) is 0 Å². The molecule has 1 fully saturated rings. The third kappa shape index (κ3) is 4.14. The van der Waals surface area contributed by atoms with Crippen molar-refractivity contribution in [3.8, 4) is 0 Å². The van der Waals surface area contributed by atoms with Gasteiger partial charge in [-0.05, 0) is 27.7 Å². The van der Waals surface area contributed by atoms with E-state index in [-0.39, 0.29) is 11.2 Å². The van der Waals surface area contributed by atoms with Crippen LogP contribution in [0.1, 0.15) is 27.7 Å². The molecule has 0 N–H and O–H groups in total. The first-order valence-corrected chi connectivity index (χ1v) is 11.5. The molecule has 0 aliphatic carbocycles. The molecule has 4 heteroatoms. The van der Waals surface area contributed by atoms with Gasteiger partial charge in [0.05, 0.1) is 11.2 Å². The van der Waals surface area contributed by atoms with E-state index in [1.165, 1.54) is 7.69 Å². The quantitative estimate of drug-likeness (QED) is 0.743. The van der Waals surface area contributed by atoms with Gasteiger partial charge in [0.25, 0.3) is 0 Å². The van der Waals surface area contributed by atoms with Crippen LogP contribution in [0.5, 0.6) is 0 Å². The van der Waals surface area contributed by atoms with Gasteiger partial charge in [-0.2, -0.15) is 0 Å². The van der Waals surface area contributed by atoms with Gasteiger partial charge in [0, 0.05) is 0 Å². The Labute approximate surface area is 116 Å². The Morgan fingerprint density at radius 2 is 1.33 bits per heavy atom. The second-order valence-corrected chi connectivity index (χ2v) is 11.1. The molecule has 0 unspecified atom stereocenters. The van der Waals surface area contributed by atoms with E-state index >= 15 is 0 Å². The third-order valence-electron chi connectivity index (χ3n) is 3.49. The predicted molar refractivity (Wildman–Crippen MR) is 79.6 cm³/mol. The number of hydrogen-bond acceptors (Lipinski definition) is 2. The molecule has 2 rings (SSSR count). The van der Waals surface area contributed by atoms with Gasteiger partial charge < -0.3 is 9.31 Å². The first kappa shape index (κ1) is 15.8. The summed E-state index contributed by atoms with van der Waals surface area (Å²) in [6, 6.07) is 10.8. The van der Waals surface area contributed by atoms with Gasteiger partial charge in [-0.25, -0.2) is 0 Å². The summed E-state index contributed by atoms with van der Waals surface area (Å²) in [4.78, 5) is 0. The van der Waals surface area contributed by atoms with Crippen LogP contribution in [0.4, 0.5) is 0 Å². The molecule has 1 aliphatic heterocycles. The Balaban J connectivity index is 0.000000180. The Morgan fingerprint density at radius 1 is 0.889 bits per heavy atom. The minimum atomic E-state index is -0.766. The SMILES string of the molecule is CC1(C)O[B]OC1(C)C.[CH3][Ge]([CH3])[c]1ccccc1. The second-order valence-electron chi connectivity index (χ2n) is 5.72. The first-order valence-electron chi connectivity index (χ1n) is 6.29. The van der Waals surface area contributed by atoms with Crippen molar-refractivity contribution in [3.05, 3.63) is 30.3 Å². The molecule has 0 saturated carbocycles. The molecule has 0 amide bonds. The van der Waals surface area contributed by atoms with Crippen molar-refractivity contribution in [1.82, 2.24) is 0 Å². The van der Waals surface area contributed by atoms with Crippen molar-refractivity contribution >= 4 is 26.4 Å². The van der Waals surface area contributed by atoms with E-state index < -0.39 is 14.3 Å². The van der Waals surface area contributed by atoms with Gasteiger partial charge in [0.1, 0.15) is 0 Å². The summed E-state index contributed by atoms with van der Waals surface area (Å²) in [6.45, 7) is 8.04. The Hall–Kier alpha value is -0.252. The molecule has 1 aliphatic rings. The fourth-order valence-corrected chi connectivity index (χ4v) is 3.12. The molecule has 1 aromatic rings. The molecule has 1 aromatic carbocycles. The van der Waals surface area contributed by atoms with E-state index in [1.807, 2.05) is 27.7 Å². The molecule has 0 spiro atoms. The summed E-state index contributed by atoms with van der Waals surface area (Å²) in [5.41, 5.74) is -0.375. The summed E-state index contributed by atoms with van der Waals surface area (Å²) in [5, 5.41) is 0. The van der Waals surface area contributed by atoms with Crippen molar-refractivity contribution in [2.75, 3.05) is 0 Å². The average molecular weight is 307 g/mol. The van der Waals surface area contributed by atoms with Crippen molar-refractivity contribution < 1.29 is 9.31 Å². The van der Waals surface area contributed by atoms with E-state index in [0.717, 1.165) is 0 Å². The van der Waals surface area contributed by atoms with Gasteiger partial charge in [-0.3, -0.25) is 0 Å². The van der Waals surface area contributed by atoms with Gasteiger partial charge >= 0.3 is 68.3 Å². The van der Waals surface area contributed by atoms with Crippen LogP contribution in [0, 0.1) is 0 Å². The number of hydrogen-bond donors (Lipinski definition) is 0. The van der Waals surface area contributed by atoms with Crippen molar-refractivity contribution in [2.24, 2.45) is 0 Å².